The average molecular weight is 408 g/mol. The van der Waals surface area contributed by atoms with E-state index < -0.39 is 0 Å². The van der Waals surface area contributed by atoms with Crippen LogP contribution in [0.2, 0.25) is 0 Å². The number of hydrogen-bond donors (Lipinski definition) is 1. The van der Waals surface area contributed by atoms with Gasteiger partial charge in [-0.3, -0.25) is 14.6 Å². The minimum atomic E-state index is 0.0518. The van der Waals surface area contributed by atoms with Gasteiger partial charge in [-0.2, -0.15) is 0 Å². The van der Waals surface area contributed by atoms with Crippen molar-refractivity contribution < 1.29 is 9.53 Å². The molecule has 4 rings (SSSR count). The molecule has 2 saturated heterocycles. The molecule has 1 amide bonds. The zero-order valence-corrected chi connectivity index (χ0v) is 18.0. The average Bonchev–Trinajstić information content (AvgIpc) is 2.76. The smallest absolute Gasteiger partial charge is 0.251 e. The van der Waals surface area contributed by atoms with E-state index in [4.69, 9.17) is 4.74 Å². The maximum atomic E-state index is 12.8. The Bertz CT molecular complexity index is 840. The maximum absolute atomic E-state index is 12.8. The van der Waals surface area contributed by atoms with Crippen molar-refractivity contribution in [3.63, 3.8) is 0 Å². The number of ether oxygens (including phenoxy) is 1. The summed E-state index contributed by atoms with van der Waals surface area (Å²) < 4.78 is 5.42. The summed E-state index contributed by atoms with van der Waals surface area (Å²) in [6.07, 6.45) is 2.01. The Morgan fingerprint density at radius 2 is 1.57 bits per heavy atom. The maximum Gasteiger partial charge on any atom is 0.251 e. The summed E-state index contributed by atoms with van der Waals surface area (Å²) in [7, 11) is 0. The van der Waals surface area contributed by atoms with Crippen LogP contribution in [0.1, 0.15) is 39.9 Å². The molecule has 0 spiro atoms. The summed E-state index contributed by atoms with van der Waals surface area (Å²) in [5.74, 6) is 0.0518. The van der Waals surface area contributed by atoms with Crippen molar-refractivity contribution in [1.29, 1.82) is 0 Å². The van der Waals surface area contributed by atoms with Crippen LogP contribution in [0, 0.1) is 6.92 Å². The van der Waals surface area contributed by atoms with Gasteiger partial charge in [-0.25, -0.2) is 0 Å². The highest BCUT2D eigenvalue weighted by atomic mass is 16.5. The highest BCUT2D eigenvalue weighted by molar-refractivity contribution is 5.94. The fraction of sp³-hybridized carbons (Fsp3) is 0.480. The lowest BCUT2D eigenvalue weighted by Crippen LogP contribution is -2.44. The number of likely N-dealkylation sites (tertiary alicyclic amines) is 1. The molecule has 160 valence electrons. The van der Waals surface area contributed by atoms with Crippen molar-refractivity contribution >= 4 is 5.91 Å². The lowest BCUT2D eigenvalue weighted by atomic mass is 10.0. The Kier molecular flexibility index (Phi) is 7.16. The predicted octanol–water partition coefficient (Wildman–Crippen LogP) is 3.22. The Balaban J connectivity index is 1.26. The van der Waals surface area contributed by atoms with E-state index in [0.29, 0.717) is 0 Å². The van der Waals surface area contributed by atoms with Crippen LogP contribution in [0.3, 0.4) is 0 Å². The first-order valence-corrected chi connectivity index (χ1v) is 11.1. The molecule has 2 aromatic rings. The number of benzene rings is 2. The van der Waals surface area contributed by atoms with Gasteiger partial charge in [0.05, 0.1) is 13.2 Å². The predicted molar refractivity (Wildman–Crippen MR) is 119 cm³/mol. The summed E-state index contributed by atoms with van der Waals surface area (Å²) >= 11 is 0. The van der Waals surface area contributed by atoms with Gasteiger partial charge in [-0.05, 0) is 43.0 Å². The van der Waals surface area contributed by atoms with Gasteiger partial charge in [0, 0.05) is 50.9 Å². The third-order valence-corrected chi connectivity index (χ3v) is 6.11. The molecule has 0 bridgehead atoms. The standard InChI is InChI=1S/C25H33N3O2/c1-20-4-2-5-21(16-20)18-27-10-8-24(9-11-27)26-25(29)23-7-3-6-22(17-23)19-28-12-14-30-15-13-28/h2-7,16-17,24H,8-15,18-19H2,1H3,(H,26,29). The van der Waals surface area contributed by atoms with Crippen LogP contribution >= 0.6 is 0 Å². The molecular formula is C25H33N3O2. The van der Waals surface area contributed by atoms with Crippen molar-refractivity contribution in [2.24, 2.45) is 0 Å². The van der Waals surface area contributed by atoms with Crippen LogP contribution in [-0.4, -0.2) is 61.1 Å². The second-order valence-electron chi connectivity index (χ2n) is 8.60. The lowest BCUT2D eigenvalue weighted by Gasteiger charge is -2.32. The Morgan fingerprint density at radius 1 is 0.933 bits per heavy atom. The highest BCUT2D eigenvalue weighted by Crippen LogP contribution is 2.16. The summed E-state index contributed by atoms with van der Waals surface area (Å²) in [6, 6.07) is 17.1. The van der Waals surface area contributed by atoms with E-state index in [9.17, 15) is 4.79 Å². The molecule has 2 aliphatic rings. The number of aryl methyl sites for hydroxylation is 1. The normalized spacial score (nSPS) is 19.0. The zero-order chi connectivity index (χ0) is 20.8. The minimum absolute atomic E-state index is 0.0518. The quantitative estimate of drug-likeness (QED) is 0.799. The molecule has 2 heterocycles. The third kappa shape index (κ3) is 5.91. The van der Waals surface area contributed by atoms with Crippen LogP contribution in [0.15, 0.2) is 48.5 Å². The summed E-state index contributed by atoms with van der Waals surface area (Å²) in [5.41, 5.74) is 4.64. The van der Waals surface area contributed by atoms with Crippen LogP contribution in [0.25, 0.3) is 0 Å². The minimum Gasteiger partial charge on any atom is -0.379 e. The van der Waals surface area contributed by atoms with Gasteiger partial charge in [0.15, 0.2) is 0 Å². The monoisotopic (exact) mass is 407 g/mol. The van der Waals surface area contributed by atoms with Gasteiger partial charge in [-0.1, -0.05) is 42.0 Å². The van der Waals surface area contributed by atoms with Crippen LogP contribution in [-0.2, 0) is 17.8 Å². The van der Waals surface area contributed by atoms with Gasteiger partial charge < -0.3 is 10.1 Å². The van der Waals surface area contributed by atoms with Gasteiger partial charge in [0.2, 0.25) is 0 Å². The van der Waals surface area contributed by atoms with Crippen LogP contribution in [0.4, 0.5) is 0 Å². The number of carbonyl (C=O) groups is 1. The molecule has 0 saturated carbocycles. The highest BCUT2D eigenvalue weighted by Gasteiger charge is 2.21. The number of carbonyl (C=O) groups excluding carboxylic acids is 1. The molecule has 0 aliphatic carbocycles. The van der Waals surface area contributed by atoms with Crippen LogP contribution < -0.4 is 5.32 Å². The molecule has 0 aromatic heterocycles. The third-order valence-electron chi connectivity index (χ3n) is 6.11. The Morgan fingerprint density at radius 3 is 2.27 bits per heavy atom. The number of nitrogens with one attached hydrogen (secondary N) is 1. The number of morpholine rings is 1. The van der Waals surface area contributed by atoms with Gasteiger partial charge >= 0.3 is 0 Å². The molecule has 2 aromatic carbocycles. The van der Waals surface area contributed by atoms with Crippen molar-refractivity contribution in [2.75, 3.05) is 39.4 Å². The first-order chi connectivity index (χ1) is 14.7. The van der Waals surface area contributed by atoms with E-state index in [1.54, 1.807) is 0 Å². The fourth-order valence-electron chi connectivity index (χ4n) is 4.40. The largest absolute Gasteiger partial charge is 0.379 e. The first-order valence-electron chi connectivity index (χ1n) is 11.1. The topological polar surface area (TPSA) is 44.8 Å². The second kappa shape index (κ2) is 10.2. The molecule has 2 fully saturated rings. The van der Waals surface area contributed by atoms with E-state index in [1.165, 1.54) is 16.7 Å². The van der Waals surface area contributed by atoms with Crippen molar-refractivity contribution in [3.05, 3.63) is 70.8 Å². The van der Waals surface area contributed by atoms with Crippen LogP contribution in [0.5, 0.6) is 0 Å². The second-order valence-corrected chi connectivity index (χ2v) is 8.60. The molecule has 0 unspecified atom stereocenters. The van der Waals surface area contributed by atoms with E-state index in [-0.39, 0.29) is 11.9 Å². The first kappa shape index (κ1) is 21.0. The van der Waals surface area contributed by atoms with E-state index in [1.807, 2.05) is 18.2 Å². The summed E-state index contributed by atoms with van der Waals surface area (Å²) in [5, 5.41) is 3.26. The SMILES string of the molecule is Cc1cccc(CN2CCC(NC(=O)c3cccc(CN4CCOCC4)c3)CC2)c1. The molecule has 2 aliphatic heterocycles. The molecule has 0 atom stereocenters. The zero-order valence-electron chi connectivity index (χ0n) is 18.0. The van der Waals surface area contributed by atoms with Gasteiger partial charge in [-0.15, -0.1) is 0 Å². The van der Waals surface area contributed by atoms with Crippen molar-refractivity contribution in [2.45, 2.75) is 38.9 Å². The molecule has 5 heteroatoms. The lowest BCUT2D eigenvalue weighted by molar-refractivity contribution is 0.0342. The Labute approximate surface area is 180 Å². The number of hydrogen-bond acceptors (Lipinski definition) is 4. The molecule has 5 nitrogen and oxygen atoms in total. The van der Waals surface area contributed by atoms with E-state index in [2.05, 4.69) is 52.4 Å². The van der Waals surface area contributed by atoms with Gasteiger partial charge in [0.1, 0.15) is 0 Å². The van der Waals surface area contributed by atoms with E-state index >= 15 is 0 Å². The van der Waals surface area contributed by atoms with Crippen molar-refractivity contribution in [1.82, 2.24) is 15.1 Å². The number of nitrogens with zero attached hydrogens (tertiary/aromatic N) is 2. The summed E-state index contributed by atoms with van der Waals surface area (Å²) in [6.45, 7) is 9.56. The van der Waals surface area contributed by atoms with Gasteiger partial charge in [0.25, 0.3) is 5.91 Å². The molecule has 1 N–H and O–H groups in total. The Hall–Kier alpha value is -2.21. The number of piperidine rings is 1. The number of amides is 1. The van der Waals surface area contributed by atoms with E-state index in [0.717, 1.165) is 70.9 Å². The molecule has 0 radical (unpaired) electrons. The summed E-state index contributed by atoms with van der Waals surface area (Å²) in [4.78, 5) is 17.7. The number of rotatable bonds is 6. The molecular weight excluding hydrogens is 374 g/mol. The fourth-order valence-corrected chi connectivity index (χ4v) is 4.40. The molecule has 30 heavy (non-hydrogen) atoms. The van der Waals surface area contributed by atoms with Crippen molar-refractivity contribution in [3.8, 4) is 0 Å².